The summed E-state index contributed by atoms with van der Waals surface area (Å²) in [6.45, 7) is 11.5. The molecule has 0 fully saturated rings. The van der Waals surface area contributed by atoms with Crippen molar-refractivity contribution in [1.29, 1.82) is 0 Å². The van der Waals surface area contributed by atoms with Gasteiger partial charge in [0, 0.05) is 6.07 Å². The second-order valence-electron chi connectivity index (χ2n) is 7.73. The van der Waals surface area contributed by atoms with Gasteiger partial charge in [-0.1, -0.05) is 45.0 Å². The summed E-state index contributed by atoms with van der Waals surface area (Å²) >= 11 is 0. The van der Waals surface area contributed by atoms with E-state index in [1.165, 1.54) is 47.1 Å². The maximum atomic E-state index is 5.30. The molecule has 1 aliphatic carbocycles. The number of rotatable bonds is 3. The first-order chi connectivity index (χ1) is 10.9. The zero-order chi connectivity index (χ0) is 16.6. The molecule has 0 N–H and O–H groups in total. The van der Waals surface area contributed by atoms with Gasteiger partial charge in [0.25, 0.3) is 0 Å². The van der Waals surface area contributed by atoms with Gasteiger partial charge in [-0.05, 0) is 71.4 Å². The van der Waals surface area contributed by atoms with Crippen molar-refractivity contribution < 1.29 is 4.52 Å². The first kappa shape index (κ1) is 16.0. The number of aromatic nitrogens is 1. The van der Waals surface area contributed by atoms with Crippen molar-refractivity contribution in [3.63, 3.8) is 0 Å². The summed E-state index contributed by atoms with van der Waals surface area (Å²) in [5.74, 6) is 1.26. The van der Waals surface area contributed by atoms with E-state index in [2.05, 4.69) is 58.0 Å². The van der Waals surface area contributed by atoms with Crippen LogP contribution in [0, 0.1) is 12.8 Å². The lowest BCUT2D eigenvalue weighted by atomic mass is 9.71. The lowest BCUT2D eigenvalue weighted by molar-refractivity contribution is 0.412. The van der Waals surface area contributed by atoms with Crippen LogP contribution in [-0.2, 0) is 11.8 Å². The van der Waals surface area contributed by atoms with E-state index in [1.807, 2.05) is 6.07 Å². The lowest BCUT2D eigenvalue weighted by Crippen LogP contribution is -2.24. The molecule has 0 bridgehead atoms. The Morgan fingerprint density at radius 1 is 1.30 bits per heavy atom. The number of hydrogen-bond donors (Lipinski definition) is 0. The SMILES string of the molecule is Cc1cc2c(cc1C(=Cc1ccno1)C(C)C)C(C)(C)CCC2. The molecule has 2 heteroatoms. The molecule has 0 atom stereocenters. The number of aryl methyl sites for hydroxylation is 2. The zero-order valence-electron chi connectivity index (χ0n) is 14.9. The van der Waals surface area contributed by atoms with Crippen LogP contribution in [-0.4, -0.2) is 5.16 Å². The highest BCUT2D eigenvalue weighted by atomic mass is 16.5. The van der Waals surface area contributed by atoms with Gasteiger partial charge in [0.1, 0.15) is 0 Å². The van der Waals surface area contributed by atoms with Crippen molar-refractivity contribution >= 4 is 11.6 Å². The van der Waals surface area contributed by atoms with E-state index in [0.717, 1.165) is 5.76 Å². The highest BCUT2D eigenvalue weighted by Gasteiger charge is 2.28. The molecule has 0 radical (unpaired) electrons. The molecule has 0 amide bonds. The fourth-order valence-electron chi connectivity index (χ4n) is 3.78. The van der Waals surface area contributed by atoms with Crippen LogP contribution < -0.4 is 0 Å². The Labute approximate surface area is 139 Å². The quantitative estimate of drug-likeness (QED) is 0.717. The monoisotopic (exact) mass is 309 g/mol. The smallest absolute Gasteiger partial charge is 0.159 e. The minimum Gasteiger partial charge on any atom is -0.357 e. The normalized spacial score (nSPS) is 17.4. The van der Waals surface area contributed by atoms with Gasteiger partial charge >= 0.3 is 0 Å². The lowest BCUT2D eigenvalue weighted by Gasteiger charge is -2.34. The molecule has 1 aromatic carbocycles. The second kappa shape index (κ2) is 5.99. The Kier molecular flexibility index (Phi) is 4.18. The van der Waals surface area contributed by atoms with Crippen LogP contribution in [0.3, 0.4) is 0 Å². The maximum Gasteiger partial charge on any atom is 0.159 e. The number of fused-ring (bicyclic) bond motifs is 1. The zero-order valence-corrected chi connectivity index (χ0v) is 14.9. The average molecular weight is 309 g/mol. The van der Waals surface area contributed by atoms with E-state index in [4.69, 9.17) is 4.52 Å². The summed E-state index contributed by atoms with van der Waals surface area (Å²) in [4.78, 5) is 0. The first-order valence-electron chi connectivity index (χ1n) is 8.65. The van der Waals surface area contributed by atoms with Crippen molar-refractivity contribution in [2.24, 2.45) is 5.92 Å². The van der Waals surface area contributed by atoms with Gasteiger partial charge in [-0.25, -0.2) is 0 Å². The van der Waals surface area contributed by atoms with E-state index in [9.17, 15) is 0 Å². The number of nitrogens with zero attached hydrogens (tertiary/aromatic N) is 1. The van der Waals surface area contributed by atoms with Crippen molar-refractivity contribution in [3.8, 4) is 0 Å². The molecule has 0 unspecified atom stereocenters. The largest absolute Gasteiger partial charge is 0.357 e. The molecule has 0 saturated heterocycles. The molecule has 23 heavy (non-hydrogen) atoms. The highest BCUT2D eigenvalue weighted by Crippen LogP contribution is 2.40. The number of allylic oxidation sites excluding steroid dienone is 1. The Hall–Kier alpha value is -1.83. The molecular formula is C21H27NO. The third kappa shape index (κ3) is 3.12. The van der Waals surface area contributed by atoms with Gasteiger partial charge in [-0.2, -0.15) is 0 Å². The van der Waals surface area contributed by atoms with Gasteiger partial charge in [0.05, 0.1) is 6.20 Å². The van der Waals surface area contributed by atoms with Crippen LogP contribution in [0.15, 0.2) is 28.9 Å². The minimum absolute atomic E-state index is 0.268. The van der Waals surface area contributed by atoms with Gasteiger partial charge in [0.15, 0.2) is 5.76 Å². The molecule has 0 aliphatic heterocycles. The summed E-state index contributed by atoms with van der Waals surface area (Å²) in [6, 6.07) is 6.76. The Balaban J connectivity index is 2.14. The molecule has 1 aliphatic rings. The summed E-state index contributed by atoms with van der Waals surface area (Å²) in [6.07, 6.45) is 7.62. The minimum atomic E-state index is 0.268. The van der Waals surface area contributed by atoms with Crippen LogP contribution >= 0.6 is 0 Å². The van der Waals surface area contributed by atoms with Crippen molar-refractivity contribution in [1.82, 2.24) is 5.16 Å². The highest BCUT2D eigenvalue weighted by molar-refractivity contribution is 5.83. The fourth-order valence-corrected chi connectivity index (χ4v) is 3.78. The summed E-state index contributed by atoms with van der Waals surface area (Å²) in [5.41, 5.74) is 7.36. The first-order valence-corrected chi connectivity index (χ1v) is 8.65. The Morgan fingerprint density at radius 2 is 2.09 bits per heavy atom. The summed E-state index contributed by atoms with van der Waals surface area (Å²) in [5, 5.41) is 3.82. The van der Waals surface area contributed by atoms with Gasteiger partial charge < -0.3 is 4.52 Å². The Morgan fingerprint density at radius 3 is 2.74 bits per heavy atom. The predicted octanol–water partition coefficient (Wildman–Crippen LogP) is 5.79. The Bertz CT molecular complexity index is 721. The average Bonchev–Trinajstić information content (AvgIpc) is 2.97. The second-order valence-corrected chi connectivity index (χ2v) is 7.73. The van der Waals surface area contributed by atoms with Gasteiger partial charge in [0.2, 0.25) is 0 Å². The van der Waals surface area contributed by atoms with Gasteiger partial charge in [-0.3, -0.25) is 0 Å². The summed E-state index contributed by atoms with van der Waals surface area (Å²) < 4.78 is 5.30. The van der Waals surface area contributed by atoms with Crippen LogP contribution in [0.4, 0.5) is 0 Å². The van der Waals surface area contributed by atoms with E-state index < -0.39 is 0 Å². The molecule has 1 aromatic heterocycles. The molecule has 2 nitrogen and oxygen atoms in total. The van der Waals surface area contributed by atoms with Crippen molar-refractivity contribution in [2.75, 3.05) is 0 Å². The van der Waals surface area contributed by atoms with Crippen molar-refractivity contribution in [2.45, 2.75) is 59.3 Å². The van der Waals surface area contributed by atoms with Gasteiger partial charge in [-0.15, -0.1) is 0 Å². The predicted molar refractivity (Wildman–Crippen MR) is 96.4 cm³/mol. The van der Waals surface area contributed by atoms with Crippen LogP contribution in [0.25, 0.3) is 11.6 Å². The van der Waals surface area contributed by atoms with E-state index >= 15 is 0 Å². The molecule has 3 rings (SSSR count). The summed E-state index contributed by atoms with van der Waals surface area (Å²) in [7, 11) is 0. The van der Waals surface area contributed by atoms with Crippen LogP contribution in [0.5, 0.6) is 0 Å². The number of benzene rings is 1. The van der Waals surface area contributed by atoms with E-state index in [1.54, 1.807) is 6.20 Å². The third-order valence-corrected chi connectivity index (χ3v) is 5.12. The van der Waals surface area contributed by atoms with Crippen molar-refractivity contribution in [3.05, 3.63) is 52.4 Å². The standard InChI is InChI=1S/C21H27NO/c1-14(2)18(12-17-8-10-22-23-17)19-13-20-16(11-15(19)3)7-6-9-21(20,4)5/h8,10-14H,6-7,9H2,1-5H3. The fraction of sp³-hybridized carbons (Fsp3) is 0.476. The molecule has 2 aromatic rings. The molecule has 0 saturated carbocycles. The molecule has 1 heterocycles. The molecule has 0 spiro atoms. The van der Waals surface area contributed by atoms with E-state index in [-0.39, 0.29) is 5.41 Å². The van der Waals surface area contributed by atoms with Crippen LogP contribution in [0.1, 0.15) is 68.6 Å². The van der Waals surface area contributed by atoms with Crippen LogP contribution in [0.2, 0.25) is 0 Å². The maximum absolute atomic E-state index is 5.30. The topological polar surface area (TPSA) is 26.0 Å². The van der Waals surface area contributed by atoms with E-state index in [0.29, 0.717) is 5.92 Å². The molecular weight excluding hydrogens is 282 g/mol. The third-order valence-electron chi connectivity index (χ3n) is 5.12. The number of hydrogen-bond acceptors (Lipinski definition) is 2. The molecule has 122 valence electrons.